The van der Waals surface area contributed by atoms with E-state index in [0.29, 0.717) is 6.54 Å². The molecule has 0 saturated heterocycles. The minimum absolute atomic E-state index is 0. The molecule has 0 aromatic carbocycles. The molecular formula is C10H20IN3S. The second-order valence-electron chi connectivity index (χ2n) is 3.45. The molecule has 0 aliphatic rings. The molecule has 0 aliphatic heterocycles. The van der Waals surface area contributed by atoms with Gasteiger partial charge in [-0.15, -0.1) is 30.4 Å². The lowest BCUT2D eigenvalue weighted by Crippen LogP contribution is -2.43. The average Bonchev–Trinajstić information content (AvgIpc) is 2.18. The van der Waals surface area contributed by atoms with Gasteiger partial charge in [0.1, 0.15) is 0 Å². The first-order valence-corrected chi connectivity index (χ1v) is 5.71. The number of aliphatic imine (C=N–C) groups is 1. The van der Waals surface area contributed by atoms with E-state index in [2.05, 4.69) is 41.6 Å². The van der Waals surface area contributed by atoms with Crippen LogP contribution in [0.25, 0.3) is 0 Å². The Morgan fingerprint density at radius 2 is 2.07 bits per heavy atom. The van der Waals surface area contributed by atoms with Crippen LogP contribution in [0, 0.1) is 12.3 Å². The Labute approximate surface area is 114 Å². The molecule has 0 fully saturated rings. The normalized spacial score (nSPS) is 11.3. The van der Waals surface area contributed by atoms with Crippen LogP contribution in [0.4, 0.5) is 0 Å². The van der Waals surface area contributed by atoms with Crippen molar-refractivity contribution in [1.29, 1.82) is 0 Å². The Morgan fingerprint density at radius 3 is 2.47 bits per heavy atom. The summed E-state index contributed by atoms with van der Waals surface area (Å²) in [7, 11) is 1.73. The number of guanidine groups is 1. The molecule has 5 heteroatoms. The largest absolute Gasteiger partial charge is 0.355 e. The third-order valence-electron chi connectivity index (χ3n) is 1.82. The van der Waals surface area contributed by atoms with E-state index in [4.69, 9.17) is 6.42 Å². The minimum atomic E-state index is 0. The number of nitrogens with zero attached hydrogens (tertiary/aromatic N) is 1. The van der Waals surface area contributed by atoms with Crippen LogP contribution in [0.5, 0.6) is 0 Å². The van der Waals surface area contributed by atoms with Gasteiger partial charge in [-0.3, -0.25) is 4.99 Å². The van der Waals surface area contributed by atoms with Crippen molar-refractivity contribution in [2.24, 2.45) is 4.99 Å². The Hall–Kier alpha value is -0.0900. The van der Waals surface area contributed by atoms with E-state index in [1.807, 2.05) is 11.8 Å². The fraction of sp³-hybridized carbons (Fsp3) is 0.700. The fourth-order valence-electron chi connectivity index (χ4n) is 0.724. The third-order valence-corrected chi connectivity index (χ3v) is 3.07. The number of terminal acetylenes is 1. The molecule has 15 heavy (non-hydrogen) atoms. The zero-order chi connectivity index (χ0) is 11.0. The van der Waals surface area contributed by atoms with Crippen LogP contribution in [0.1, 0.15) is 13.8 Å². The molecule has 0 radical (unpaired) electrons. The summed E-state index contributed by atoms with van der Waals surface area (Å²) in [5, 5.41) is 6.23. The predicted molar refractivity (Wildman–Crippen MR) is 81.2 cm³/mol. The lowest BCUT2D eigenvalue weighted by molar-refractivity contribution is 0.669. The van der Waals surface area contributed by atoms with E-state index in [1.54, 1.807) is 7.05 Å². The van der Waals surface area contributed by atoms with E-state index >= 15 is 0 Å². The highest BCUT2D eigenvalue weighted by molar-refractivity contribution is 14.0. The van der Waals surface area contributed by atoms with Gasteiger partial charge in [0.25, 0.3) is 0 Å². The number of hydrogen-bond donors (Lipinski definition) is 2. The second-order valence-corrected chi connectivity index (χ2v) is 4.96. The summed E-state index contributed by atoms with van der Waals surface area (Å²) < 4.78 is 0.202. The molecule has 0 aromatic heterocycles. The maximum atomic E-state index is 5.14. The fourth-order valence-corrected chi connectivity index (χ4v) is 0.941. The molecule has 0 aromatic rings. The van der Waals surface area contributed by atoms with Crippen LogP contribution >= 0.6 is 35.7 Å². The molecule has 0 amide bonds. The first-order valence-electron chi connectivity index (χ1n) is 4.49. The number of nitrogens with one attached hydrogen (secondary N) is 2. The van der Waals surface area contributed by atoms with E-state index in [-0.39, 0.29) is 28.7 Å². The average molecular weight is 341 g/mol. The highest BCUT2D eigenvalue weighted by Gasteiger charge is 2.15. The van der Waals surface area contributed by atoms with Crippen molar-refractivity contribution in [2.45, 2.75) is 18.6 Å². The van der Waals surface area contributed by atoms with Crippen LogP contribution in [-0.4, -0.2) is 37.1 Å². The summed E-state index contributed by atoms with van der Waals surface area (Å²) >= 11 is 1.82. The standard InChI is InChI=1S/C10H19N3S.HI/c1-6-7-12-9(11-4)13-8-10(2,3)14-5;/h1H,7-8H2,2-5H3,(H2,11,12,13);1H. The van der Waals surface area contributed by atoms with Crippen LogP contribution < -0.4 is 10.6 Å². The van der Waals surface area contributed by atoms with Crippen LogP contribution in [-0.2, 0) is 0 Å². The molecule has 2 N–H and O–H groups in total. The quantitative estimate of drug-likeness (QED) is 0.353. The van der Waals surface area contributed by atoms with Gasteiger partial charge in [0.15, 0.2) is 5.96 Å². The van der Waals surface area contributed by atoms with Crippen LogP contribution in [0.15, 0.2) is 4.99 Å². The SMILES string of the molecule is C#CCNC(=NC)NCC(C)(C)SC.I. The summed E-state index contributed by atoms with van der Waals surface area (Å²) in [5.74, 6) is 3.26. The van der Waals surface area contributed by atoms with Crippen molar-refractivity contribution in [1.82, 2.24) is 10.6 Å². The van der Waals surface area contributed by atoms with Crippen molar-refractivity contribution in [3.05, 3.63) is 0 Å². The summed E-state index contributed by atoms with van der Waals surface area (Å²) in [6, 6.07) is 0. The zero-order valence-corrected chi connectivity index (χ0v) is 12.9. The first kappa shape index (κ1) is 17.3. The lowest BCUT2D eigenvalue weighted by atomic mass is 10.2. The molecule has 0 heterocycles. The number of halogens is 1. The third kappa shape index (κ3) is 8.88. The van der Waals surface area contributed by atoms with Gasteiger partial charge in [-0.25, -0.2) is 0 Å². The summed E-state index contributed by atoms with van der Waals surface area (Å²) in [4.78, 5) is 4.05. The molecule has 0 atom stereocenters. The summed E-state index contributed by atoms with van der Waals surface area (Å²) in [5.41, 5.74) is 0. The molecule has 0 rings (SSSR count). The molecule has 0 aliphatic carbocycles. The Balaban J connectivity index is 0. The molecular weight excluding hydrogens is 321 g/mol. The van der Waals surface area contributed by atoms with Gasteiger partial charge in [-0.05, 0) is 20.1 Å². The molecule has 3 nitrogen and oxygen atoms in total. The van der Waals surface area contributed by atoms with Gasteiger partial charge in [-0.2, -0.15) is 11.8 Å². The van der Waals surface area contributed by atoms with Crippen LogP contribution in [0.2, 0.25) is 0 Å². The number of thioether (sulfide) groups is 1. The summed E-state index contributed by atoms with van der Waals surface area (Å²) in [6.07, 6.45) is 7.24. The summed E-state index contributed by atoms with van der Waals surface area (Å²) in [6.45, 7) is 5.72. The van der Waals surface area contributed by atoms with Gasteiger partial charge in [-0.1, -0.05) is 5.92 Å². The van der Waals surface area contributed by atoms with E-state index in [1.165, 1.54) is 0 Å². The van der Waals surface area contributed by atoms with Crippen molar-refractivity contribution in [3.8, 4) is 12.3 Å². The van der Waals surface area contributed by atoms with Crippen molar-refractivity contribution >= 4 is 41.7 Å². The van der Waals surface area contributed by atoms with Crippen molar-refractivity contribution in [3.63, 3.8) is 0 Å². The molecule has 0 spiro atoms. The first-order chi connectivity index (χ1) is 6.55. The molecule has 0 saturated carbocycles. The van der Waals surface area contributed by atoms with Gasteiger partial charge in [0, 0.05) is 18.3 Å². The maximum Gasteiger partial charge on any atom is 0.191 e. The Morgan fingerprint density at radius 1 is 1.47 bits per heavy atom. The molecule has 0 bridgehead atoms. The number of rotatable bonds is 4. The Kier molecular flexibility index (Phi) is 10.6. The zero-order valence-electron chi connectivity index (χ0n) is 9.76. The van der Waals surface area contributed by atoms with E-state index in [0.717, 1.165) is 12.5 Å². The van der Waals surface area contributed by atoms with Crippen LogP contribution in [0.3, 0.4) is 0 Å². The van der Waals surface area contributed by atoms with Gasteiger partial charge in [0.2, 0.25) is 0 Å². The van der Waals surface area contributed by atoms with E-state index < -0.39 is 0 Å². The number of hydrogen-bond acceptors (Lipinski definition) is 2. The second kappa shape index (κ2) is 9.16. The predicted octanol–water partition coefficient (Wildman–Crippen LogP) is 1.54. The van der Waals surface area contributed by atoms with Crippen molar-refractivity contribution < 1.29 is 0 Å². The van der Waals surface area contributed by atoms with E-state index in [9.17, 15) is 0 Å². The van der Waals surface area contributed by atoms with Gasteiger partial charge in [0.05, 0.1) is 6.54 Å². The molecule has 0 unspecified atom stereocenters. The van der Waals surface area contributed by atoms with Crippen molar-refractivity contribution in [2.75, 3.05) is 26.4 Å². The minimum Gasteiger partial charge on any atom is -0.355 e. The molecule has 88 valence electrons. The highest BCUT2D eigenvalue weighted by atomic mass is 127. The monoisotopic (exact) mass is 341 g/mol. The maximum absolute atomic E-state index is 5.14. The lowest BCUT2D eigenvalue weighted by Gasteiger charge is -2.23. The Bertz CT molecular complexity index is 233. The smallest absolute Gasteiger partial charge is 0.191 e. The topological polar surface area (TPSA) is 36.4 Å². The van der Waals surface area contributed by atoms with Gasteiger partial charge >= 0.3 is 0 Å². The van der Waals surface area contributed by atoms with Gasteiger partial charge < -0.3 is 10.6 Å². The highest BCUT2D eigenvalue weighted by Crippen LogP contribution is 2.19.